The van der Waals surface area contributed by atoms with E-state index in [4.69, 9.17) is 14.2 Å². The van der Waals surface area contributed by atoms with Crippen LogP contribution in [0, 0.1) is 5.82 Å². The van der Waals surface area contributed by atoms with Gasteiger partial charge in [0.15, 0.2) is 11.5 Å². The fraction of sp³-hybridized carbons (Fsp3) is 0.182. The third-order valence-electron chi connectivity index (χ3n) is 4.34. The lowest BCUT2D eigenvalue weighted by molar-refractivity contribution is 0.171. The summed E-state index contributed by atoms with van der Waals surface area (Å²) in [6.07, 6.45) is 0. The molecule has 0 unspecified atom stereocenters. The molecule has 4 nitrogen and oxygen atoms in total. The Morgan fingerprint density at radius 3 is 2.44 bits per heavy atom. The van der Waals surface area contributed by atoms with Crippen molar-refractivity contribution in [3.8, 4) is 17.2 Å². The van der Waals surface area contributed by atoms with Gasteiger partial charge in [-0.15, -0.1) is 0 Å². The van der Waals surface area contributed by atoms with Crippen LogP contribution in [0.15, 0.2) is 66.7 Å². The van der Waals surface area contributed by atoms with E-state index in [9.17, 15) is 4.39 Å². The molecule has 0 fully saturated rings. The zero-order valence-electron chi connectivity index (χ0n) is 14.8. The molecular weight excluding hydrogens is 345 g/mol. The van der Waals surface area contributed by atoms with Gasteiger partial charge in [-0.25, -0.2) is 4.39 Å². The van der Waals surface area contributed by atoms with Crippen molar-refractivity contribution >= 4 is 5.69 Å². The van der Waals surface area contributed by atoms with Crippen LogP contribution in [-0.2, 0) is 13.2 Å². The first-order valence-electron chi connectivity index (χ1n) is 8.87. The smallest absolute Gasteiger partial charge is 0.163 e. The summed E-state index contributed by atoms with van der Waals surface area (Å²) in [7, 11) is 0. The Labute approximate surface area is 157 Å². The van der Waals surface area contributed by atoms with Gasteiger partial charge in [-0.3, -0.25) is 0 Å². The molecule has 1 heterocycles. The van der Waals surface area contributed by atoms with Crippen molar-refractivity contribution in [2.24, 2.45) is 0 Å². The number of ether oxygens (including phenoxy) is 3. The molecule has 0 aromatic heterocycles. The highest BCUT2D eigenvalue weighted by Gasteiger charge is 2.12. The van der Waals surface area contributed by atoms with Crippen molar-refractivity contribution in [3.63, 3.8) is 0 Å². The number of halogens is 1. The molecule has 4 rings (SSSR count). The highest BCUT2D eigenvalue weighted by Crippen LogP contribution is 2.33. The second-order valence-electron chi connectivity index (χ2n) is 6.20. The molecule has 3 aromatic rings. The Balaban J connectivity index is 1.43. The molecule has 0 saturated heterocycles. The predicted octanol–water partition coefficient (Wildman–Crippen LogP) is 4.79. The minimum absolute atomic E-state index is 0.188. The Kier molecular flexibility index (Phi) is 5.10. The molecule has 1 aliphatic heterocycles. The standard InChI is InChI=1S/C22H20FNO3/c23-19-7-3-1-6-17(19)15-27-20-8-4-2-5-16(20)14-24-18-9-10-21-22(13-18)26-12-11-25-21/h1-10,13,24H,11-12,14-15H2. The van der Waals surface area contributed by atoms with Crippen LogP contribution in [0.2, 0.25) is 0 Å². The predicted molar refractivity (Wildman–Crippen MR) is 102 cm³/mol. The third kappa shape index (κ3) is 4.14. The van der Waals surface area contributed by atoms with Gasteiger partial charge in [-0.05, 0) is 24.3 Å². The highest BCUT2D eigenvalue weighted by atomic mass is 19.1. The van der Waals surface area contributed by atoms with Crippen molar-refractivity contribution in [2.45, 2.75) is 13.2 Å². The maximum Gasteiger partial charge on any atom is 0.163 e. The van der Waals surface area contributed by atoms with Crippen LogP contribution in [0.25, 0.3) is 0 Å². The molecule has 0 aliphatic carbocycles. The summed E-state index contributed by atoms with van der Waals surface area (Å²) >= 11 is 0. The maximum absolute atomic E-state index is 13.8. The van der Waals surface area contributed by atoms with Crippen LogP contribution in [0.1, 0.15) is 11.1 Å². The van der Waals surface area contributed by atoms with Crippen LogP contribution in [0.3, 0.4) is 0 Å². The molecule has 1 aliphatic rings. The summed E-state index contributed by atoms with van der Waals surface area (Å²) in [6, 6.07) is 20.2. The van der Waals surface area contributed by atoms with Gasteiger partial charge in [0.05, 0.1) is 0 Å². The number of fused-ring (bicyclic) bond motifs is 1. The van der Waals surface area contributed by atoms with Crippen molar-refractivity contribution in [1.29, 1.82) is 0 Å². The molecule has 0 atom stereocenters. The number of rotatable bonds is 6. The molecule has 1 N–H and O–H groups in total. The van der Waals surface area contributed by atoms with Gasteiger partial charge < -0.3 is 19.5 Å². The SMILES string of the molecule is Fc1ccccc1COc1ccccc1CNc1ccc2c(c1)OCCO2. The quantitative estimate of drug-likeness (QED) is 0.682. The summed E-state index contributed by atoms with van der Waals surface area (Å²) in [5.74, 6) is 1.98. The van der Waals surface area contributed by atoms with E-state index < -0.39 is 0 Å². The zero-order chi connectivity index (χ0) is 18.5. The Bertz CT molecular complexity index is 929. The topological polar surface area (TPSA) is 39.7 Å². The third-order valence-corrected chi connectivity index (χ3v) is 4.34. The average Bonchev–Trinajstić information content (AvgIpc) is 2.72. The normalized spacial score (nSPS) is 12.5. The van der Waals surface area contributed by atoms with Gasteiger partial charge in [0.1, 0.15) is 31.4 Å². The van der Waals surface area contributed by atoms with Gasteiger partial charge in [0.2, 0.25) is 0 Å². The molecule has 0 amide bonds. The fourth-order valence-corrected chi connectivity index (χ4v) is 2.91. The van der Waals surface area contributed by atoms with E-state index in [0.29, 0.717) is 25.3 Å². The Morgan fingerprint density at radius 2 is 1.59 bits per heavy atom. The van der Waals surface area contributed by atoms with Gasteiger partial charge in [-0.2, -0.15) is 0 Å². The van der Waals surface area contributed by atoms with Gasteiger partial charge in [-0.1, -0.05) is 36.4 Å². The van der Waals surface area contributed by atoms with E-state index in [1.807, 2.05) is 42.5 Å². The molecule has 138 valence electrons. The number of para-hydroxylation sites is 1. The lowest BCUT2D eigenvalue weighted by atomic mass is 10.2. The first kappa shape index (κ1) is 17.2. The molecular formula is C22H20FNO3. The van der Waals surface area contributed by atoms with Crippen LogP contribution in [0.4, 0.5) is 10.1 Å². The fourth-order valence-electron chi connectivity index (χ4n) is 2.91. The number of benzene rings is 3. The van der Waals surface area contributed by atoms with Crippen molar-refractivity contribution < 1.29 is 18.6 Å². The zero-order valence-corrected chi connectivity index (χ0v) is 14.8. The highest BCUT2D eigenvalue weighted by molar-refractivity contribution is 5.55. The summed E-state index contributed by atoms with van der Waals surface area (Å²) < 4.78 is 30.8. The van der Waals surface area contributed by atoms with Crippen molar-refractivity contribution in [2.75, 3.05) is 18.5 Å². The van der Waals surface area contributed by atoms with E-state index in [0.717, 1.165) is 28.5 Å². The molecule has 27 heavy (non-hydrogen) atoms. The van der Waals surface area contributed by atoms with E-state index in [-0.39, 0.29) is 12.4 Å². The monoisotopic (exact) mass is 365 g/mol. The Morgan fingerprint density at radius 1 is 0.852 bits per heavy atom. The first-order chi connectivity index (χ1) is 13.3. The molecule has 0 spiro atoms. The van der Waals surface area contributed by atoms with E-state index in [1.54, 1.807) is 18.2 Å². The average molecular weight is 365 g/mol. The minimum atomic E-state index is -0.260. The van der Waals surface area contributed by atoms with Crippen molar-refractivity contribution in [3.05, 3.63) is 83.7 Å². The van der Waals surface area contributed by atoms with E-state index in [2.05, 4.69) is 5.32 Å². The number of hydrogen-bond acceptors (Lipinski definition) is 4. The van der Waals surface area contributed by atoms with Crippen LogP contribution >= 0.6 is 0 Å². The molecule has 0 radical (unpaired) electrons. The van der Waals surface area contributed by atoms with Crippen molar-refractivity contribution in [1.82, 2.24) is 0 Å². The molecule has 3 aromatic carbocycles. The molecule has 0 bridgehead atoms. The molecule has 5 heteroatoms. The largest absolute Gasteiger partial charge is 0.488 e. The van der Waals surface area contributed by atoms with Gasteiger partial charge in [0, 0.05) is 29.4 Å². The number of anilines is 1. The lowest BCUT2D eigenvalue weighted by Crippen LogP contribution is -2.15. The van der Waals surface area contributed by atoms with Crippen LogP contribution in [0.5, 0.6) is 17.2 Å². The summed E-state index contributed by atoms with van der Waals surface area (Å²) in [6.45, 7) is 1.90. The van der Waals surface area contributed by atoms with Crippen LogP contribution < -0.4 is 19.5 Å². The van der Waals surface area contributed by atoms with Gasteiger partial charge >= 0.3 is 0 Å². The summed E-state index contributed by atoms with van der Waals surface area (Å²) in [4.78, 5) is 0. The number of nitrogens with one attached hydrogen (secondary N) is 1. The second-order valence-corrected chi connectivity index (χ2v) is 6.20. The van der Waals surface area contributed by atoms with Gasteiger partial charge in [0.25, 0.3) is 0 Å². The minimum Gasteiger partial charge on any atom is -0.488 e. The summed E-state index contributed by atoms with van der Waals surface area (Å²) in [5.41, 5.74) is 2.46. The number of hydrogen-bond donors (Lipinski definition) is 1. The van der Waals surface area contributed by atoms with Crippen LogP contribution in [-0.4, -0.2) is 13.2 Å². The second kappa shape index (κ2) is 7.99. The lowest BCUT2D eigenvalue weighted by Gasteiger charge is -2.19. The molecule has 0 saturated carbocycles. The Hall–Kier alpha value is -3.21. The maximum atomic E-state index is 13.8. The van der Waals surface area contributed by atoms with E-state index in [1.165, 1.54) is 6.07 Å². The summed E-state index contributed by atoms with van der Waals surface area (Å²) in [5, 5.41) is 3.37. The first-order valence-corrected chi connectivity index (χ1v) is 8.87. The van der Waals surface area contributed by atoms with E-state index >= 15 is 0 Å².